The lowest BCUT2D eigenvalue weighted by molar-refractivity contribution is -0.124. The Kier molecular flexibility index (Phi) is 7.97. The van der Waals surface area contributed by atoms with Crippen LogP contribution in [-0.4, -0.2) is 59.0 Å². The number of carbonyl (C=O) groups is 3. The van der Waals surface area contributed by atoms with E-state index in [4.69, 9.17) is 5.21 Å². The maximum Gasteiger partial charge on any atom is 0.324 e. The molecule has 2 rings (SSSR count). The molecule has 1 aromatic rings. The van der Waals surface area contributed by atoms with Crippen LogP contribution in [0.15, 0.2) is 30.3 Å². The highest BCUT2D eigenvalue weighted by Gasteiger charge is 2.18. The van der Waals surface area contributed by atoms with Crippen molar-refractivity contribution in [1.29, 1.82) is 0 Å². The van der Waals surface area contributed by atoms with Crippen LogP contribution in [0.2, 0.25) is 0 Å². The number of nitrogens with one attached hydrogen (secondary N) is 2. The van der Waals surface area contributed by atoms with Gasteiger partial charge in [0.25, 0.3) is 5.91 Å². The van der Waals surface area contributed by atoms with Gasteiger partial charge in [-0.15, -0.1) is 0 Å². The fraction of sp³-hybridized carbons (Fsp3) is 0.421. The molecule has 8 heteroatoms. The van der Waals surface area contributed by atoms with E-state index in [0.717, 1.165) is 30.8 Å². The number of benzene rings is 1. The van der Waals surface area contributed by atoms with Crippen molar-refractivity contribution in [2.45, 2.75) is 26.3 Å². The molecule has 1 aliphatic rings. The molecule has 0 aliphatic carbocycles. The number of imide groups is 1. The Labute approximate surface area is 158 Å². The summed E-state index contributed by atoms with van der Waals surface area (Å²) >= 11 is 0. The van der Waals surface area contributed by atoms with E-state index in [1.165, 1.54) is 31.3 Å². The topological polar surface area (TPSA) is 102 Å². The summed E-state index contributed by atoms with van der Waals surface area (Å²) in [5, 5.41) is 10.8. The lowest BCUT2D eigenvalue weighted by Gasteiger charge is -2.25. The third-order valence-corrected chi connectivity index (χ3v) is 4.35. The van der Waals surface area contributed by atoms with Crippen LogP contribution in [-0.2, 0) is 16.1 Å². The van der Waals surface area contributed by atoms with Gasteiger partial charge in [-0.3, -0.25) is 20.1 Å². The first-order chi connectivity index (χ1) is 13.0. The minimum atomic E-state index is -0.604. The zero-order valence-corrected chi connectivity index (χ0v) is 15.5. The zero-order valence-electron chi connectivity index (χ0n) is 15.5. The van der Waals surface area contributed by atoms with E-state index in [2.05, 4.69) is 10.2 Å². The zero-order chi connectivity index (χ0) is 19.6. The standard InChI is InChI=1S/C19H26N4O4/c1-15(24)20-19(26)23(13-12-22-10-2-3-11-22)14-17-6-4-16(5-7-17)8-9-18(25)21-27/h4-9,27H,2-3,10-14H2,1H3,(H,21,25)(H,20,24,26)/b9-8+. The second kappa shape index (κ2) is 10.4. The normalized spacial score (nSPS) is 14.3. The fourth-order valence-electron chi connectivity index (χ4n) is 2.91. The van der Waals surface area contributed by atoms with Crippen LogP contribution in [0.3, 0.4) is 0 Å². The number of carbonyl (C=O) groups excluding carboxylic acids is 3. The molecule has 146 valence electrons. The van der Waals surface area contributed by atoms with Gasteiger partial charge in [-0.2, -0.15) is 0 Å². The molecule has 0 aromatic heterocycles. The van der Waals surface area contributed by atoms with Crippen LogP contribution in [0.5, 0.6) is 0 Å². The summed E-state index contributed by atoms with van der Waals surface area (Å²) in [4.78, 5) is 38.5. The molecule has 1 heterocycles. The molecule has 1 aromatic carbocycles. The maximum absolute atomic E-state index is 12.3. The summed E-state index contributed by atoms with van der Waals surface area (Å²) in [6, 6.07) is 6.96. The molecule has 0 saturated carbocycles. The van der Waals surface area contributed by atoms with Gasteiger partial charge < -0.3 is 9.80 Å². The van der Waals surface area contributed by atoms with E-state index in [1.54, 1.807) is 11.0 Å². The highest BCUT2D eigenvalue weighted by Crippen LogP contribution is 2.11. The number of rotatable bonds is 7. The van der Waals surface area contributed by atoms with Crippen molar-refractivity contribution >= 4 is 23.9 Å². The number of amides is 4. The van der Waals surface area contributed by atoms with Crippen molar-refractivity contribution in [2.75, 3.05) is 26.2 Å². The fourth-order valence-corrected chi connectivity index (χ4v) is 2.91. The summed E-state index contributed by atoms with van der Waals surface area (Å²) in [5.74, 6) is -0.984. The number of likely N-dealkylation sites (tertiary alicyclic amines) is 1. The number of nitrogens with zero attached hydrogens (tertiary/aromatic N) is 2. The first kappa shape index (κ1) is 20.6. The van der Waals surface area contributed by atoms with Gasteiger partial charge >= 0.3 is 6.03 Å². The predicted octanol–water partition coefficient (Wildman–Crippen LogP) is 1.36. The second-order valence-electron chi connectivity index (χ2n) is 6.51. The maximum atomic E-state index is 12.3. The Morgan fingerprint density at radius 3 is 2.44 bits per heavy atom. The Morgan fingerprint density at radius 1 is 1.19 bits per heavy atom. The van der Waals surface area contributed by atoms with Gasteiger partial charge in [-0.05, 0) is 43.1 Å². The van der Waals surface area contributed by atoms with Crippen LogP contribution in [0.4, 0.5) is 4.79 Å². The van der Waals surface area contributed by atoms with E-state index in [1.807, 2.05) is 24.3 Å². The van der Waals surface area contributed by atoms with Crippen molar-refractivity contribution < 1.29 is 19.6 Å². The van der Waals surface area contributed by atoms with Crippen LogP contribution in [0.25, 0.3) is 6.08 Å². The molecule has 1 saturated heterocycles. The Bertz CT molecular complexity index is 681. The van der Waals surface area contributed by atoms with Crippen LogP contribution in [0.1, 0.15) is 30.9 Å². The molecule has 1 fully saturated rings. The van der Waals surface area contributed by atoms with E-state index in [0.29, 0.717) is 13.1 Å². The smallest absolute Gasteiger partial charge is 0.319 e. The number of hydrogen-bond acceptors (Lipinski definition) is 5. The van der Waals surface area contributed by atoms with Gasteiger partial charge in [-0.25, -0.2) is 10.3 Å². The predicted molar refractivity (Wildman–Crippen MR) is 101 cm³/mol. The third kappa shape index (κ3) is 7.20. The van der Waals surface area contributed by atoms with Crippen molar-refractivity contribution in [3.63, 3.8) is 0 Å². The van der Waals surface area contributed by atoms with E-state index < -0.39 is 11.9 Å². The van der Waals surface area contributed by atoms with Crippen LogP contribution in [0, 0.1) is 0 Å². The summed E-state index contributed by atoms with van der Waals surface area (Å²) in [5.41, 5.74) is 3.24. The monoisotopic (exact) mass is 374 g/mol. The molecule has 0 spiro atoms. The molecule has 0 bridgehead atoms. The lowest BCUT2D eigenvalue weighted by atomic mass is 10.1. The molecule has 27 heavy (non-hydrogen) atoms. The van der Waals surface area contributed by atoms with E-state index in [9.17, 15) is 14.4 Å². The molecule has 4 amide bonds. The molecule has 0 atom stereocenters. The van der Waals surface area contributed by atoms with Gasteiger partial charge in [0, 0.05) is 32.6 Å². The first-order valence-corrected chi connectivity index (χ1v) is 8.98. The van der Waals surface area contributed by atoms with Gasteiger partial charge in [0.1, 0.15) is 0 Å². The van der Waals surface area contributed by atoms with Crippen molar-refractivity contribution in [3.8, 4) is 0 Å². The summed E-state index contributed by atoms with van der Waals surface area (Å²) in [6.07, 6.45) is 5.16. The number of hydrogen-bond donors (Lipinski definition) is 3. The van der Waals surface area contributed by atoms with Crippen LogP contribution >= 0.6 is 0 Å². The molecular formula is C19H26N4O4. The second-order valence-corrected chi connectivity index (χ2v) is 6.51. The number of hydroxylamine groups is 1. The third-order valence-electron chi connectivity index (χ3n) is 4.35. The van der Waals surface area contributed by atoms with E-state index in [-0.39, 0.29) is 5.91 Å². The van der Waals surface area contributed by atoms with E-state index >= 15 is 0 Å². The van der Waals surface area contributed by atoms with Gasteiger partial charge in [-0.1, -0.05) is 24.3 Å². The minimum Gasteiger partial charge on any atom is -0.319 e. The summed E-state index contributed by atoms with van der Waals surface area (Å²) in [6.45, 7) is 5.11. The molecule has 0 radical (unpaired) electrons. The Balaban J connectivity index is 1.99. The van der Waals surface area contributed by atoms with Crippen molar-refractivity contribution in [3.05, 3.63) is 41.5 Å². The molecule has 3 N–H and O–H groups in total. The highest BCUT2D eigenvalue weighted by atomic mass is 16.5. The highest BCUT2D eigenvalue weighted by molar-refractivity contribution is 5.93. The SMILES string of the molecule is CC(=O)NC(=O)N(CCN1CCCC1)Cc1ccc(/C=C/C(=O)NO)cc1. The largest absolute Gasteiger partial charge is 0.324 e. The van der Waals surface area contributed by atoms with Crippen LogP contribution < -0.4 is 10.8 Å². The summed E-state index contributed by atoms with van der Waals surface area (Å²) < 4.78 is 0. The van der Waals surface area contributed by atoms with Gasteiger partial charge in [0.05, 0.1) is 0 Å². The average Bonchev–Trinajstić information content (AvgIpc) is 3.17. The summed E-state index contributed by atoms with van der Waals surface area (Å²) in [7, 11) is 0. The Hall–Kier alpha value is -2.71. The minimum absolute atomic E-state index is 0.381. The lowest BCUT2D eigenvalue weighted by Crippen LogP contribution is -2.44. The van der Waals surface area contributed by atoms with Crippen molar-refractivity contribution in [1.82, 2.24) is 20.6 Å². The molecular weight excluding hydrogens is 348 g/mol. The Morgan fingerprint density at radius 2 is 1.85 bits per heavy atom. The molecule has 1 aliphatic heterocycles. The van der Waals surface area contributed by atoms with Gasteiger partial charge in [0.2, 0.25) is 5.91 Å². The average molecular weight is 374 g/mol. The van der Waals surface area contributed by atoms with Gasteiger partial charge in [0.15, 0.2) is 0 Å². The first-order valence-electron chi connectivity index (χ1n) is 8.98. The quantitative estimate of drug-likeness (QED) is 0.380. The number of urea groups is 1. The molecule has 8 nitrogen and oxygen atoms in total. The van der Waals surface area contributed by atoms with Crippen molar-refractivity contribution in [2.24, 2.45) is 0 Å². The molecule has 0 unspecified atom stereocenters.